The Kier molecular flexibility index (Phi) is 4.87. The minimum absolute atomic E-state index is 0.363. The molecule has 6 nitrogen and oxygen atoms in total. The molecule has 1 aromatic rings. The fraction of sp³-hybridized carbons (Fsp3) is 0.400. The fourth-order valence-corrected chi connectivity index (χ4v) is 4.90. The number of carboxylic acids is 2. The smallest absolute Gasteiger partial charge is 0.328 e. The molecule has 2 bridgehead atoms. The van der Waals surface area contributed by atoms with Crippen LogP contribution in [0.2, 0.25) is 0 Å². The lowest BCUT2D eigenvalue weighted by atomic mass is 9.66. The molecule has 0 spiro atoms. The molecule has 4 N–H and O–H groups in total. The first-order valence-electron chi connectivity index (χ1n) is 8.69. The van der Waals surface area contributed by atoms with E-state index < -0.39 is 11.9 Å². The predicted octanol–water partition coefficient (Wildman–Crippen LogP) is 1.99. The van der Waals surface area contributed by atoms with Gasteiger partial charge in [-0.3, -0.25) is 0 Å². The molecule has 0 aromatic heterocycles. The number of aliphatic carboxylic acids is 2. The van der Waals surface area contributed by atoms with Crippen molar-refractivity contribution >= 4 is 17.6 Å². The molecule has 4 unspecified atom stereocenters. The van der Waals surface area contributed by atoms with Gasteiger partial charge in [-0.2, -0.15) is 0 Å². The molecule has 1 saturated carbocycles. The third kappa shape index (κ3) is 3.24. The number of carbonyl (C=O) groups is 2. The number of likely N-dealkylation sites (tertiary alicyclic amines) is 1. The van der Waals surface area contributed by atoms with Crippen LogP contribution in [0.25, 0.3) is 0 Å². The summed E-state index contributed by atoms with van der Waals surface area (Å²) < 4.78 is 0. The van der Waals surface area contributed by atoms with Gasteiger partial charge in [-0.1, -0.05) is 24.3 Å². The third-order valence-electron chi connectivity index (χ3n) is 5.81. The van der Waals surface area contributed by atoms with E-state index in [1.807, 2.05) is 0 Å². The Morgan fingerprint density at radius 1 is 1.15 bits per heavy atom. The standard InChI is InChI=1S/C16H20N2.C4H4O4/c1-18-9-15-11-2-3-13(8-11)16(15,10-18)12-4-6-14(17)7-5-12;5-3(6)1-2-4(7)8/h2-7,11,13,15H,8-10,17H2,1H3;1-2H,(H,5,6)(H,7,8)/b;2-1+. The van der Waals surface area contributed by atoms with E-state index >= 15 is 0 Å². The molecule has 6 heteroatoms. The minimum atomic E-state index is -1.26. The maximum Gasteiger partial charge on any atom is 0.328 e. The van der Waals surface area contributed by atoms with Gasteiger partial charge in [0.25, 0.3) is 0 Å². The van der Waals surface area contributed by atoms with Gasteiger partial charge in [0, 0.05) is 36.3 Å². The zero-order chi connectivity index (χ0) is 18.9. The summed E-state index contributed by atoms with van der Waals surface area (Å²) in [4.78, 5) is 21.6. The molecule has 1 heterocycles. The highest BCUT2D eigenvalue weighted by Gasteiger charge is 2.60. The van der Waals surface area contributed by atoms with E-state index in [1.54, 1.807) is 0 Å². The second-order valence-electron chi connectivity index (χ2n) is 7.37. The van der Waals surface area contributed by atoms with Gasteiger partial charge in [0.2, 0.25) is 0 Å². The summed E-state index contributed by atoms with van der Waals surface area (Å²) in [6, 6.07) is 8.65. The van der Waals surface area contributed by atoms with Crippen LogP contribution in [0.15, 0.2) is 48.6 Å². The summed E-state index contributed by atoms with van der Waals surface area (Å²) in [7, 11) is 2.26. The summed E-state index contributed by atoms with van der Waals surface area (Å²) in [5, 5.41) is 15.6. The summed E-state index contributed by atoms with van der Waals surface area (Å²) in [5.74, 6) is -0.167. The van der Waals surface area contributed by atoms with Crippen LogP contribution in [0.3, 0.4) is 0 Å². The molecular weight excluding hydrogens is 332 g/mol. The van der Waals surface area contributed by atoms with E-state index in [2.05, 4.69) is 48.4 Å². The van der Waals surface area contributed by atoms with Crippen molar-refractivity contribution in [3.63, 3.8) is 0 Å². The molecule has 2 aliphatic carbocycles. The topological polar surface area (TPSA) is 104 Å². The fourth-order valence-electron chi connectivity index (χ4n) is 4.90. The van der Waals surface area contributed by atoms with E-state index in [0.717, 1.165) is 23.4 Å². The van der Waals surface area contributed by atoms with Crippen molar-refractivity contribution in [3.8, 4) is 0 Å². The monoisotopic (exact) mass is 356 g/mol. The van der Waals surface area contributed by atoms with Crippen molar-refractivity contribution in [2.45, 2.75) is 11.8 Å². The van der Waals surface area contributed by atoms with E-state index in [4.69, 9.17) is 15.9 Å². The van der Waals surface area contributed by atoms with Gasteiger partial charge in [-0.25, -0.2) is 9.59 Å². The van der Waals surface area contributed by atoms with Gasteiger partial charge >= 0.3 is 11.9 Å². The lowest BCUT2D eigenvalue weighted by Gasteiger charge is -2.37. The van der Waals surface area contributed by atoms with E-state index in [9.17, 15) is 9.59 Å². The normalized spacial score (nSPS) is 31.7. The van der Waals surface area contributed by atoms with Crippen molar-refractivity contribution in [2.24, 2.45) is 17.8 Å². The molecule has 1 saturated heterocycles. The number of nitrogens with zero attached hydrogens (tertiary/aromatic N) is 1. The van der Waals surface area contributed by atoms with E-state index in [0.29, 0.717) is 17.6 Å². The molecule has 0 amide bonds. The third-order valence-corrected chi connectivity index (χ3v) is 5.81. The average Bonchev–Trinajstić information content (AvgIpc) is 3.25. The number of rotatable bonds is 3. The molecule has 1 aromatic carbocycles. The molecule has 4 rings (SSSR count). The highest BCUT2D eigenvalue weighted by atomic mass is 16.4. The van der Waals surface area contributed by atoms with Gasteiger partial charge in [-0.05, 0) is 48.9 Å². The van der Waals surface area contributed by atoms with E-state index in [-0.39, 0.29) is 0 Å². The first kappa shape index (κ1) is 18.2. The number of benzene rings is 1. The first-order valence-corrected chi connectivity index (χ1v) is 8.69. The largest absolute Gasteiger partial charge is 0.478 e. The Morgan fingerprint density at radius 3 is 2.35 bits per heavy atom. The van der Waals surface area contributed by atoms with E-state index in [1.165, 1.54) is 25.1 Å². The van der Waals surface area contributed by atoms with Crippen molar-refractivity contribution in [1.82, 2.24) is 4.90 Å². The first-order chi connectivity index (χ1) is 12.3. The molecule has 138 valence electrons. The Hall–Kier alpha value is -2.60. The Balaban J connectivity index is 0.000000211. The zero-order valence-electron chi connectivity index (χ0n) is 14.7. The number of carboxylic acid groups (broad SMARTS) is 2. The van der Waals surface area contributed by atoms with Gasteiger partial charge < -0.3 is 20.8 Å². The molecule has 26 heavy (non-hydrogen) atoms. The summed E-state index contributed by atoms with van der Waals surface area (Å²) in [5.41, 5.74) is 8.58. The lowest BCUT2D eigenvalue weighted by molar-refractivity contribution is -0.134. The summed E-state index contributed by atoms with van der Waals surface area (Å²) in [6.07, 6.45) is 7.41. The van der Waals surface area contributed by atoms with Gasteiger partial charge in [0.15, 0.2) is 0 Å². The average molecular weight is 356 g/mol. The Labute approximate surface area is 152 Å². The number of nitrogens with two attached hydrogens (primary N) is 1. The summed E-state index contributed by atoms with van der Waals surface area (Å²) in [6.45, 7) is 2.45. The molecule has 1 aliphatic heterocycles. The number of hydrogen-bond donors (Lipinski definition) is 3. The van der Waals surface area contributed by atoms with Crippen LogP contribution >= 0.6 is 0 Å². The highest BCUT2D eigenvalue weighted by Crippen LogP contribution is 2.60. The highest BCUT2D eigenvalue weighted by molar-refractivity contribution is 5.89. The van der Waals surface area contributed by atoms with Crippen LogP contribution in [0, 0.1) is 17.8 Å². The zero-order valence-corrected chi connectivity index (χ0v) is 14.7. The maximum absolute atomic E-state index is 9.55. The maximum atomic E-state index is 9.55. The SMILES string of the molecule is CN1CC2C3C=CC(C3)C2(c2ccc(N)cc2)C1.O=C(O)/C=C/C(=O)O. The number of anilines is 1. The van der Waals surface area contributed by atoms with Crippen LogP contribution in [0.4, 0.5) is 5.69 Å². The molecule has 0 radical (unpaired) electrons. The van der Waals surface area contributed by atoms with Gasteiger partial charge in [0.05, 0.1) is 0 Å². The molecule has 4 atom stereocenters. The van der Waals surface area contributed by atoms with Crippen LogP contribution in [-0.4, -0.2) is 47.2 Å². The Morgan fingerprint density at radius 2 is 1.77 bits per heavy atom. The number of allylic oxidation sites excluding steroid dienone is 2. The van der Waals surface area contributed by atoms with Crippen molar-refractivity contribution in [2.75, 3.05) is 25.9 Å². The van der Waals surface area contributed by atoms with Crippen LogP contribution in [-0.2, 0) is 15.0 Å². The second-order valence-corrected chi connectivity index (χ2v) is 7.37. The lowest BCUT2D eigenvalue weighted by Crippen LogP contribution is -2.39. The quantitative estimate of drug-likeness (QED) is 0.435. The van der Waals surface area contributed by atoms with Crippen LogP contribution < -0.4 is 5.73 Å². The second kappa shape index (κ2) is 6.96. The van der Waals surface area contributed by atoms with Crippen molar-refractivity contribution < 1.29 is 19.8 Å². The number of hydrogen-bond acceptors (Lipinski definition) is 4. The number of nitrogen functional groups attached to an aromatic ring is 1. The molecular formula is C20H24N2O4. The predicted molar refractivity (Wildman–Crippen MR) is 98.7 cm³/mol. The van der Waals surface area contributed by atoms with Crippen LogP contribution in [0.1, 0.15) is 12.0 Å². The molecule has 2 fully saturated rings. The van der Waals surface area contributed by atoms with Crippen molar-refractivity contribution in [3.05, 3.63) is 54.1 Å². The Bertz CT molecular complexity index is 740. The van der Waals surface area contributed by atoms with Gasteiger partial charge in [0.1, 0.15) is 0 Å². The minimum Gasteiger partial charge on any atom is -0.478 e. The molecule has 3 aliphatic rings. The van der Waals surface area contributed by atoms with Crippen molar-refractivity contribution in [1.29, 1.82) is 0 Å². The number of fused-ring (bicyclic) bond motifs is 5. The van der Waals surface area contributed by atoms with Crippen LogP contribution in [0.5, 0.6) is 0 Å². The number of likely N-dealkylation sites (N-methyl/N-ethyl adjacent to an activating group) is 1. The van der Waals surface area contributed by atoms with Gasteiger partial charge in [-0.15, -0.1) is 0 Å². The summed E-state index contributed by atoms with van der Waals surface area (Å²) >= 11 is 0.